The van der Waals surface area contributed by atoms with E-state index in [0.29, 0.717) is 10.7 Å². The number of nitrogens with zero attached hydrogens (tertiary/aromatic N) is 2. The first-order chi connectivity index (χ1) is 11.4. The molecule has 2 rings (SSSR count). The number of H-pyrrole nitrogens is 1. The third-order valence-corrected chi connectivity index (χ3v) is 3.62. The van der Waals surface area contributed by atoms with Crippen LogP contribution in [0, 0.1) is 13.8 Å². The van der Waals surface area contributed by atoms with E-state index in [9.17, 15) is 9.28 Å². The van der Waals surface area contributed by atoms with Crippen molar-refractivity contribution in [3.8, 4) is 0 Å². The Bertz CT molecular complexity index is 865. The topological polar surface area (TPSA) is 48.5 Å². The van der Waals surface area contributed by atoms with Crippen molar-refractivity contribution < 1.29 is 4.48 Å². The number of aromatic nitrogens is 1. The summed E-state index contributed by atoms with van der Waals surface area (Å²) >= 11 is 0. The summed E-state index contributed by atoms with van der Waals surface area (Å²) < 4.78 is 14.2. The molecule has 0 saturated carbocycles. The minimum absolute atomic E-state index is 0.0748. The molecule has 0 fully saturated rings. The molecule has 1 aromatic heterocycles. The predicted octanol–water partition coefficient (Wildman–Crippen LogP) is 3.99. The predicted molar refractivity (Wildman–Crippen MR) is 98.0 cm³/mol. The van der Waals surface area contributed by atoms with Gasteiger partial charge in [-0.15, -0.1) is 9.60 Å². The first kappa shape index (κ1) is 17.8. The Morgan fingerprint density at radius 3 is 2.83 bits per heavy atom. The number of nitrogens with one attached hydrogen (secondary N) is 1. The molecule has 0 amide bonds. The number of hydrogen-bond acceptors (Lipinski definition) is 3. The maximum absolute atomic E-state index is 14.2. The van der Waals surface area contributed by atoms with Crippen LogP contribution in [0.3, 0.4) is 0 Å². The molecule has 0 aliphatic carbocycles. The van der Waals surface area contributed by atoms with Crippen LogP contribution in [0.25, 0.3) is 10.9 Å². The lowest BCUT2D eigenvalue weighted by atomic mass is 10.1. The van der Waals surface area contributed by atoms with Gasteiger partial charge in [-0.1, -0.05) is 24.3 Å². The van der Waals surface area contributed by atoms with Gasteiger partial charge in [-0.05, 0) is 49.4 Å². The lowest BCUT2D eigenvalue weighted by molar-refractivity contribution is 0.0269. The fourth-order valence-electron chi connectivity index (χ4n) is 2.63. The van der Waals surface area contributed by atoms with Gasteiger partial charge in [0.25, 0.3) is 5.56 Å². The molecule has 1 aromatic carbocycles. The van der Waals surface area contributed by atoms with Gasteiger partial charge in [-0.25, -0.2) is 0 Å². The summed E-state index contributed by atoms with van der Waals surface area (Å²) in [7, 11) is 0. The van der Waals surface area contributed by atoms with Crippen LogP contribution in [0.4, 0.5) is 4.48 Å². The lowest BCUT2D eigenvalue weighted by Gasteiger charge is -2.12. The van der Waals surface area contributed by atoms with E-state index in [1.54, 1.807) is 25.3 Å². The molecule has 0 atom stereocenters. The highest BCUT2D eigenvalue weighted by atomic mass is 19.2. The average molecular weight is 327 g/mol. The molecule has 0 saturated heterocycles. The SMILES string of the molecule is C=C/C=N\C=C(/C)CN(F)Cc1cc2cc(C)cc(C)c2[nH]c1=O. The summed E-state index contributed by atoms with van der Waals surface area (Å²) in [4.78, 5) is 19.0. The Balaban J connectivity index is 2.22. The summed E-state index contributed by atoms with van der Waals surface area (Å²) in [6.45, 7) is 9.25. The third kappa shape index (κ3) is 4.49. The quantitative estimate of drug-likeness (QED) is 0.644. The van der Waals surface area contributed by atoms with Gasteiger partial charge in [0.2, 0.25) is 0 Å². The highest BCUT2D eigenvalue weighted by Gasteiger charge is 2.11. The van der Waals surface area contributed by atoms with Crippen LogP contribution < -0.4 is 5.56 Å². The molecule has 1 heterocycles. The maximum atomic E-state index is 14.2. The summed E-state index contributed by atoms with van der Waals surface area (Å²) in [6.07, 6.45) is 4.66. The molecule has 5 heteroatoms. The van der Waals surface area contributed by atoms with Gasteiger partial charge in [0.05, 0.1) is 18.6 Å². The second-order valence-electron chi connectivity index (χ2n) is 5.96. The van der Waals surface area contributed by atoms with Crippen LogP contribution in [0.2, 0.25) is 0 Å². The number of rotatable bonds is 6. The lowest BCUT2D eigenvalue weighted by Crippen LogP contribution is -2.22. The van der Waals surface area contributed by atoms with Gasteiger partial charge >= 0.3 is 0 Å². The summed E-state index contributed by atoms with van der Waals surface area (Å²) in [5.41, 5.74) is 3.80. The summed E-state index contributed by atoms with van der Waals surface area (Å²) in [6, 6.07) is 5.76. The van der Waals surface area contributed by atoms with E-state index in [-0.39, 0.29) is 18.6 Å². The summed E-state index contributed by atoms with van der Waals surface area (Å²) in [5.74, 6) is 0. The van der Waals surface area contributed by atoms with Crippen LogP contribution in [0.1, 0.15) is 23.6 Å². The number of hydrogen-bond donors (Lipinski definition) is 1. The Morgan fingerprint density at radius 1 is 1.38 bits per heavy atom. The van der Waals surface area contributed by atoms with E-state index in [0.717, 1.165) is 27.6 Å². The van der Waals surface area contributed by atoms with E-state index in [4.69, 9.17) is 0 Å². The zero-order valence-corrected chi connectivity index (χ0v) is 14.3. The second-order valence-corrected chi connectivity index (χ2v) is 5.96. The fraction of sp³-hybridized carbons (Fsp3) is 0.263. The van der Waals surface area contributed by atoms with Gasteiger partial charge in [-0.3, -0.25) is 9.79 Å². The van der Waals surface area contributed by atoms with Crippen molar-refractivity contribution in [3.63, 3.8) is 0 Å². The molecular weight excluding hydrogens is 305 g/mol. The number of allylic oxidation sites excluding steroid dienone is 1. The van der Waals surface area contributed by atoms with Crippen molar-refractivity contribution in [3.05, 3.63) is 69.7 Å². The molecule has 0 spiro atoms. The number of pyridine rings is 1. The van der Waals surface area contributed by atoms with Crippen LogP contribution in [-0.4, -0.2) is 22.9 Å². The molecule has 126 valence electrons. The molecule has 1 N–H and O–H groups in total. The van der Waals surface area contributed by atoms with Crippen molar-refractivity contribution in [2.45, 2.75) is 27.3 Å². The van der Waals surface area contributed by atoms with Crippen molar-refractivity contribution in [2.24, 2.45) is 4.99 Å². The first-order valence-corrected chi connectivity index (χ1v) is 7.74. The van der Waals surface area contributed by atoms with Crippen molar-refractivity contribution in [1.82, 2.24) is 10.1 Å². The highest BCUT2D eigenvalue weighted by molar-refractivity contribution is 5.82. The zero-order valence-electron chi connectivity index (χ0n) is 14.3. The van der Waals surface area contributed by atoms with E-state index in [1.807, 2.05) is 26.0 Å². The van der Waals surface area contributed by atoms with Gasteiger partial charge in [-0.2, -0.15) is 0 Å². The minimum Gasteiger partial charge on any atom is -0.321 e. The van der Waals surface area contributed by atoms with Crippen molar-refractivity contribution in [2.75, 3.05) is 6.54 Å². The number of halogens is 1. The van der Waals surface area contributed by atoms with E-state index in [1.165, 1.54) is 6.21 Å². The second kappa shape index (κ2) is 7.84. The molecule has 0 aliphatic heterocycles. The zero-order chi connectivity index (χ0) is 17.7. The first-order valence-electron chi connectivity index (χ1n) is 7.74. The van der Waals surface area contributed by atoms with Crippen LogP contribution in [0.15, 0.2) is 52.4 Å². The molecule has 2 aromatic rings. The molecule has 0 unspecified atom stereocenters. The van der Waals surface area contributed by atoms with Crippen LogP contribution in [-0.2, 0) is 6.54 Å². The number of aryl methyl sites for hydroxylation is 2. The van der Waals surface area contributed by atoms with Crippen LogP contribution >= 0.6 is 0 Å². The Kier molecular flexibility index (Phi) is 5.82. The van der Waals surface area contributed by atoms with Gasteiger partial charge in [0.15, 0.2) is 0 Å². The van der Waals surface area contributed by atoms with E-state index >= 15 is 0 Å². The number of aromatic amines is 1. The van der Waals surface area contributed by atoms with Gasteiger partial charge < -0.3 is 4.98 Å². The largest absolute Gasteiger partial charge is 0.321 e. The average Bonchev–Trinajstić information content (AvgIpc) is 2.49. The monoisotopic (exact) mass is 327 g/mol. The Morgan fingerprint density at radius 2 is 2.12 bits per heavy atom. The molecule has 0 radical (unpaired) electrons. The van der Waals surface area contributed by atoms with Crippen molar-refractivity contribution >= 4 is 17.1 Å². The van der Waals surface area contributed by atoms with Crippen molar-refractivity contribution in [1.29, 1.82) is 0 Å². The number of benzene rings is 1. The third-order valence-electron chi connectivity index (χ3n) is 3.62. The molecule has 0 aliphatic rings. The Labute approximate surface area is 141 Å². The molecule has 0 bridgehead atoms. The molecular formula is C19H22FN3O. The fourth-order valence-corrected chi connectivity index (χ4v) is 2.63. The van der Waals surface area contributed by atoms with E-state index < -0.39 is 0 Å². The number of aliphatic imine (C=N–C) groups is 1. The smallest absolute Gasteiger partial charge is 0.253 e. The van der Waals surface area contributed by atoms with Gasteiger partial charge in [0.1, 0.15) is 0 Å². The van der Waals surface area contributed by atoms with Gasteiger partial charge in [0, 0.05) is 18.0 Å². The molecule has 4 nitrogen and oxygen atoms in total. The summed E-state index contributed by atoms with van der Waals surface area (Å²) in [5, 5.41) is 1.52. The highest BCUT2D eigenvalue weighted by Crippen LogP contribution is 2.18. The normalized spacial score (nSPS) is 12.5. The number of fused-ring (bicyclic) bond motifs is 1. The maximum Gasteiger partial charge on any atom is 0.253 e. The van der Waals surface area contributed by atoms with E-state index in [2.05, 4.69) is 16.6 Å². The minimum atomic E-state index is -0.261. The Hall–Kier alpha value is -2.53. The van der Waals surface area contributed by atoms with Crippen LogP contribution in [0.5, 0.6) is 0 Å². The molecule has 24 heavy (non-hydrogen) atoms. The standard InChI is InChI=1S/C19H22FN3O/c1-5-6-21-10-14(3)11-23(20)12-17-9-16-8-13(2)7-15(4)18(16)22-19(17)24/h5-10H,1,11-12H2,2-4H3,(H,22,24)/b14-10+,21-6-.